The third-order valence-electron chi connectivity index (χ3n) is 3.62. The minimum atomic E-state index is -0.527. The minimum Gasteiger partial charge on any atom is -0.507 e. The van der Waals surface area contributed by atoms with Crippen molar-refractivity contribution in [2.75, 3.05) is 59.6 Å². The summed E-state index contributed by atoms with van der Waals surface area (Å²) in [6, 6.07) is 4.47. The fourth-order valence-electron chi connectivity index (χ4n) is 2.24. The summed E-state index contributed by atoms with van der Waals surface area (Å²) in [7, 11) is 2.96. The van der Waals surface area contributed by atoms with Crippen molar-refractivity contribution in [3.63, 3.8) is 0 Å². The molecular weight excluding hydrogens is 374 g/mol. The molecule has 0 aliphatic carbocycles. The average molecular weight is 399 g/mol. The van der Waals surface area contributed by atoms with Gasteiger partial charge in [0, 0.05) is 24.5 Å². The maximum atomic E-state index is 11.5. The molecule has 27 heavy (non-hydrogen) atoms. The van der Waals surface area contributed by atoms with E-state index in [1.807, 2.05) is 0 Å². The normalized spacial score (nSPS) is 16.2. The number of thioether (sulfide) groups is 1. The minimum absolute atomic E-state index is 0.0525. The number of benzene rings is 1. The molecule has 0 saturated heterocycles. The van der Waals surface area contributed by atoms with E-state index in [9.17, 15) is 9.90 Å². The summed E-state index contributed by atoms with van der Waals surface area (Å²) in [6.45, 7) is 2.88. The van der Waals surface area contributed by atoms with Crippen LogP contribution in [0.15, 0.2) is 23.2 Å². The Morgan fingerprint density at radius 1 is 1.15 bits per heavy atom. The van der Waals surface area contributed by atoms with Crippen LogP contribution >= 0.6 is 11.8 Å². The zero-order valence-corrected chi connectivity index (χ0v) is 16.3. The Morgan fingerprint density at radius 3 is 2.52 bits per heavy atom. The smallest absolute Gasteiger partial charge is 0.331 e. The number of ether oxygens (including phenoxy) is 5. The van der Waals surface area contributed by atoms with Crippen molar-refractivity contribution in [2.24, 2.45) is 4.99 Å². The van der Waals surface area contributed by atoms with Gasteiger partial charge in [-0.25, -0.2) is 4.79 Å². The maximum absolute atomic E-state index is 11.5. The molecule has 0 bridgehead atoms. The summed E-state index contributed by atoms with van der Waals surface area (Å²) in [5.74, 6) is 0.716. The van der Waals surface area contributed by atoms with Gasteiger partial charge in [0.05, 0.1) is 40.1 Å². The maximum Gasteiger partial charge on any atom is 0.331 e. The van der Waals surface area contributed by atoms with Gasteiger partial charge >= 0.3 is 5.97 Å². The predicted octanol–water partition coefficient (Wildman–Crippen LogP) is 1.49. The molecule has 0 saturated carbocycles. The predicted molar refractivity (Wildman–Crippen MR) is 102 cm³/mol. The average Bonchev–Trinajstić information content (AvgIpc) is 3.16. The first-order valence-corrected chi connectivity index (χ1v) is 9.53. The number of phenols is 1. The number of hydrogen-bond donors (Lipinski definition) is 1. The van der Waals surface area contributed by atoms with Gasteiger partial charge in [0.25, 0.3) is 0 Å². The Labute approximate surface area is 162 Å². The van der Waals surface area contributed by atoms with Crippen LogP contribution < -0.4 is 4.74 Å². The van der Waals surface area contributed by atoms with Gasteiger partial charge in [0.1, 0.15) is 23.1 Å². The van der Waals surface area contributed by atoms with Gasteiger partial charge < -0.3 is 28.8 Å². The van der Waals surface area contributed by atoms with Crippen molar-refractivity contribution in [1.29, 1.82) is 0 Å². The number of aromatic hydroxyl groups is 1. The van der Waals surface area contributed by atoms with Crippen LogP contribution in [0.2, 0.25) is 0 Å². The van der Waals surface area contributed by atoms with Gasteiger partial charge in [-0.3, -0.25) is 4.99 Å². The van der Waals surface area contributed by atoms with E-state index in [1.54, 1.807) is 19.2 Å². The van der Waals surface area contributed by atoms with Crippen molar-refractivity contribution in [3.05, 3.63) is 23.8 Å². The summed E-state index contributed by atoms with van der Waals surface area (Å²) in [4.78, 5) is 15.8. The highest BCUT2D eigenvalue weighted by Crippen LogP contribution is 2.31. The molecule has 1 aliphatic rings. The first-order valence-electron chi connectivity index (χ1n) is 8.54. The quantitative estimate of drug-likeness (QED) is 0.417. The van der Waals surface area contributed by atoms with Crippen LogP contribution in [0.5, 0.6) is 11.5 Å². The van der Waals surface area contributed by atoms with E-state index in [-0.39, 0.29) is 11.7 Å². The molecule has 1 aromatic rings. The highest BCUT2D eigenvalue weighted by atomic mass is 32.2. The van der Waals surface area contributed by atoms with Gasteiger partial charge in [0.15, 0.2) is 6.04 Å². The summed E-state index contributed by atoms with van der Waals surface area (Å²) in [5.41, 5.74) is 0.572. The Morgan fingerprint density at radius 2 is 1.85 bits per heavy atom. The van der Waals surface area contributed by atoms with E-state index in [4.69, 9.17) is 23.7 Å². The van der Waals surface area contributed by atoms with Gasteiger partial charge in [-0.05, 0) is 12.1 Å². The van der Waals surface area contributed by atoms with Crippen LogP contribution in [-0.2, 0) is 23.7 Å². The van der Waals surface area contributed by atoms with Crippen molar-refractivity contribution < 1.29 is 33.6 Å². The summed E-state index contributed by atoms with van der Waals surface area (Å²) < 4.78 is 25.8. The fourth-order valence-corrected chi connectivity index (χ4v) is 3.30. The molecule has 1 aliphatic heterocycles. The van der Waals surface area contributed by atoms with E-state index < -0.39 is 6.04 Å². The van der Waals surface area contributed by atoms with Crippen LogP contribution in [0.25, 0.3) is 0 Å². The molecule has 8 nitrogen and oxygen atoms in total. The van der Waals surface area contributed by atoms with E-state index in [0.717, 1.165) is 0 Å². The second-order valence-electron chi connectivity index (χ2n) is 5.53. The summed E-state index contributed by atoms with van der Waals surface area (Å²) in [5, 5.41) is 10.8. The number of nitrogens with zero attached hydrogens (tertiary/aromatic N) is 1. The molecular formula is C18H25NO7S. The third-order valence-corrected chi connectivity index (χ3v) is 4.71. The first-order chi connectivity index (χ1) is 13.2. The number of rotatable bonds is 12. The van der Waals surface area contributed by atoms with Gasteiger partial charge in [-0.15, -0.1) is 11.8 Å². The molecule has 1 heterocycles. The van der Waals surface area contributed by atoms with E-state index in [0.29, 0.717) is 61.8 Å². The standard InChI is InChI=1S/C18H25NO7S/c1-22-5-6-24-7-8-25-9-10-26-13-3-4-14(16(20)11-13)17-19-15(12-27-17)18(21)23-2/h3-4,11,15,20H,5-10,12H2,1-2H3. The van der Waals surface area contributed by atoms with Gasteiger partial charge in [0.2, 0.25) is 0 Å². The topological polar surface area (TPSA) is 95.8 Å². The lowest BCUT2D eigenvalue weighted by Gasteiger charge is -2.10. The molecule has 0 fully saturated rings. The Balaban J connectivity index is 1.73. The molecule has 2 rings (SSSR count). The number of carbonyl (C=O) groups excluding carboxylic acids is 1. The second-order valence-corrected chi connectivity index (χ2v) is 6.54. The SMILES string of the molecule is COCCOCCOCCOc1ccc(C2=NC(C(=O)OC)CS2)c(O)c1. The number of methoxy groups -OCH3 is 2. The van der Waals surface area contributed by atoms with Crippen molar-refractivity contribution in [2.45, 2.75) is 6.04 Å². The zero-order chi connectivity index (χ0) is 19.5. The van der Waals surface area contributed by atoms with Crippen LogP contribution in [0, 0.1) is 0 Å². The molecule has 1 atom stereocenters. The van der Waals surface area contributed by atoms with E-state index in [2.05, 4.69) is 4.99 Å². The van der Waals surface area contributed by atoms with Crippen LogP contribution in [0.4, 0.5) is 0 Å². The lowest BCUT2D eigenvalue weighted by Crippen LogP contribution is -2.19. The number of phenolic OH excluding ortho intramolecular Hbond substituents is 1. The molecule has 0 radical (unpaired) electrons. The van der Waals surface area contributed by atoms with Crippen LogP contribution in [-0.4, -0.2) is 81.8 Å². The summed E-state index contributed by atoms with van der Waals surface area (Å²) >= 11 is 1.41. The molecule has 9 heteroatoms. The highest BCUT2D eigenvalue weighted by molar-refractivity contribution is 8.14. The van der Waals surface area contributed by atoms with Gasteiger partial charge in [-0.2, -0.15) is 0 Å². The number of carbonyl (C=O) groups is 1. The monoisotopic (exact) mass is 399 g/mol. The highest BCUT2D eigenvalue weighted by Gasteiger charge is 2.27. The molecule has 0 spiro atoms. The van der Waals surface area contributed by atoms with Crippen molar-refractivity contribution in [3.8, 4) is 11.5 Å². The lowest BCUT2D eigenvalue weighted by atomic mass is 10.2. The fraction of sp³-hybridized carbons (Fsp3) is 0.556. The number of aliphatic imine (C=N–C) groups is 1. The largest absolute Gasteiger partial charge is 0.507 e. The molecule has 0 amide bonds. The van der Waals surface area contributed by atoms with Crippen LogP contribution in [0.1, 0.15) is 5.56 Å². The molecule has 1 aromatic carbocycles. The summed E-state index contributed by atoms with van der Waals surface area (Å²) in [6.07, 6.45) is 0. The second kappa shape index (κ2) is 11.8. The van der Waals surface area contributed by atoms with Crippen molar-refractivity contribution in [1.82, 2.24) is 0 Å². The Kier molecular flexibility index (Phi) is 9.40. The Hall–Kier alpha value is -1.81. The van der Waals surface area contributed by atoms with E-state index in [1.165, 1.54) is 24.9 Å². The number of hydrogen-bond acceptors (Lipinski definition) is 9. The Bertz CT molecular complexity index is 638. The molecule has 1 N–H and O–H groups in total. The third kappa shape index (κ3) is 7.02. The van der Waals surface area contributed by atoms with Gasteiger partial charge in [-0.1, -0.05) is 0 Å². The molecule has 150 valence electrons. The first kappa shape index (κ1) is 21.5. The zero-order valence-electron chi connectivity index (χ0n) is 15.5. The number of esters is 1. The lowest BCUT2D eigenvalue weighted by molar-refractivity contribution is -0.141. The van der Waals surface area contributed by atoms with Crippen LogP contribution in [0.3, 0.4) is 0 Å². The van der Waals surface area contributed by atoms with Crippen molar-refractivity contribution >= 4 is 22.8 Å². The molecule has 1 unspecified atom stereocenters. The molecule has 0 aromatic heterocycles. The van der Waals surface area contributed by atoms with E-state index >= 15 is 0 Å².